The van der Waals surface area contributed by atoms with Gasteiger partial charge in [0.1, 0.15) is 11.2 Å². The Kier molecular flexibility index (Phi) is 5.69. The molecule has 0 aliphatic carbocycles. The molecule has 0 saturated carbocycles. The number of likely N-dealkylation sites (tertiary alicyclic amines) is 1. The van der Waals surface area contributed by atoms with Crippen molar-refractivity contribution >= 4 is 23.3 Å². The minimum atomic E-state index is -0.475. The Morgan fingerprint density at radius 2 is 2.10 bits per heavy atom. The van der Waals surface area contributed by atoms with Crippen molar-refractivity contribution < 1.29 is 9.53 Å². The van der Waals surface area contributed by atoms with Crippen LogP contribution < -0.4 is 0 Å². The predicted octanol–water partition coefficient (Wildman–Crippen LogP) is 5.24. The van der Waals surface area contributed by atoms with Gasteiger partial charge in [0.2, 0.25) is 0 Å². The molecule has 3 aromatic rings. The Morgan fingerprint density at radius 1 is 1.27 bits per heavy atom. The Labute approximate surface area is 181 Å². The molecule has 0 radical (unpaired) electrons. The van der Waals surface area contributed by atoms with Crippen LogP contribution in [-0.4, -0.2) is 44.1 Å². The van der Waals surface area contributed by atoms with Crippen LogP contribution in [0.3, 0.4) is 0 Å². The zero-order valence-electron chi connectivity index (χ0n) is 17.6. The van der Waals surface area contributed by atoms with E-state index in [1.165, 1.54) is 0 Å². The van der Waals surface area contributed by atoms with Crippen molar-refractivity contribution in [3.8, 4) is 11.4 Å². The molecule has 158 valence electrons. The second kappa shape index (κ2) is 8.26. The van der Waals surface area contributed by atoms with E-state index in [2.05, 4.69) is 4.98 Å². The third-order valence-corrected chi connectivity index (χ3v) is 5.43. The van der Waals surface area contributed by atoms with Gasteiger partial charge in [-0.1, -0.05) is 17.7 Å². The quantitative estimate of drug-likeness (QED) is 0.574. The fraction of sp³-hybridized carbons (Fsp3) is 0.435. The molecule has 1 saturated heterocycles. The lowest BCUT2D eigenvalue weighted by Crippen LogP contribution is -2.43. The lowest BCUT2D eigenvalue weighted by atomic mass is 9.93. The van der Waals surface area contributed by atoms with E-state index in [9.17, 15) is 4.79 Å². The lowest BCUT2D eigenvalue weighted by Gasteiger charge is -2.34. The summed E-state index contributed by atoms with van der Waals surface area (Å²) in [7, 11) is 0. The summed E-state index contributed by atoms with van der Waals surface area (Å²) in [6.07, 6.45) is 6.34. The van der Waals surface area contributed by atoms with Gasteiger partial charge in [-0.3, -0.25) is 9.38 Å². The van der Waals surface area contributed by atoms with Crippen molar-refractivity contribution in [3.05, 3.63) is 53.4 Å². The number of pyridine rings is 2. The molecule has 1 atom stereocenters. The van der Waals surface area contributed by atoms with Gasteiger partial charge in [0.05, 0.1) is 22.6 Å². The number of hydrogen-bond acceptors (Lipinski definition) is 4. The molecule has 3 aromatic heterocycles. The molecule has 0 bridgehead atoms. The van der Waals surface area contributed by atoms with Gasteiger partial charge in [-0.05, 0) is 70.2 Å². The van der Waals surface area contributed by atoms with Gasteiger partial charge in [-0.25, -0.2) is 9.78 Å². The summed E-state index contributed by atoms with van der Waals surface area (Å²) < 4.78 is 7.50. The molecular weight excluding hydrogens is 400 g/mol. The van der Waals surface area contributed by atoms with Crippen molar-refractivity contribution in [2.45, 2.75) is 45.6 Å². The number of aromatic nitrogens is 3. The zero-order chi connectivity index (χ0) is 21.3. The standard InChI is InChI=1S/C23H27ClN4O2/c1-23(2,3)30-22(29)27-11-5-6-16(14-27)12-18-7-4-8-19(26-18)20-13-25-21-10-9-17(24)15-28(20)21/h4,7-10,13,15-16H,5-6,11-12,14H2,1-3H3. The molecule has 1 fully saturated rings. The van der Waals surface area contributed by atoms with Gasteiger partial charge in [0.15, 0.2) is 0 Å². The zero-order valence-corrected chi connectivity index (χ0v) is 18.4. The number of nitrogens with zero attached hydrogens (tertiary/aromatic N) is 4. The third kappa shape index (κ3) is 4.75. The number of ether oxygens (including phenoxy) is 1. The lowest BCUT2D eigenvalue weighted by molar-refractivity contribution is 0.0165. The van der Waals surface area contributed by atoms with Gasteiger partial charge in [0, 0.05) is 25.0 Å². The molecule has 4 heterocycles. The van der Waals surface area contributed by atoms with Crippen LogP contribution in [-0.2, 0) is 11.2 Å². The summed E-state index contributed by atoms with van der Waals surface area (Å²) in [4.78, 5) is 23.6. The monoisotopic (exact) mass is 426 g/mol. The summed E-state index contributed by atoms with van der Waals surface area (Å²) in [5, 5.41) is 0.655. The van der Waals surface area contributed by atoms with E-state index in [4.69, 9.17) is 21.3 Å². The molecule has 6 nitrogen and oxygen atoms in total. The van der Waals surface area contributed by atoms with Crippen LogP contribution in [0.4, 0.5) is 4.79 Å². The van der Waals surface area contributed by atoms with Gasteiger partial charge in [0.25, 0.3) is 0 Å². The molecule has 0 spiro atoms. The molecule has 1 unspecified atom stereocenters. The molecule has 1 aliphatic rings. The van der Waals surface area contributed by atoms with E-state index < -0.39 is 5.60 Å². The molecule has 0 aromatic carbocycles. The molecular formula is C23H27ClN4O2. The molecule has 7 heteroatoms. The van der Waals surface area contributed by atoms with Crippen molar-refractivity contribution in [2.75, 3.05) is 13.1 Å². The minimum absolute atomic E-state index is 0.225. The predicted molar refractivity (Wildman–Crippen MR) is 118 cm³/mol. The van der Waals surface area contributed by atoms with Gasteiger partial charge in [-0.2, -0.15) is 0 Å². The highest BCUT2D eigenvalue weighted by Crippen LogP contribution is 2.25. The van der Waals surface area contributed by atoms with Crippen molar-refractivity contribution in [1.29, 1.82) is 0 Å². The first-order valence-electron chi connectivity index (χ1n) is 10.4. The number of imidazole rings is 1. The summed E-state index contributed by atoms with van der Waals surface area (Å²) in [6, 6.07) is 9.78. The number of amides is 1. The van der Waals surface area contributed by atoms with Crippen LogP contribution in [0.1, 0.15) is 39.3 Å². The van der Waals surface area contributed by atoms with Crippen LogP contribution >= 0.6 is 11.6 Å². The third-order valence-electron chi connectivity index (χ3n) is 5.21. The largest absolute Gasteiger partial charge is 0.444 e. The second-order valence-corrected chi connectivity index (χ2v) is 9.31. The molecule has 1 aliphatic heterocycles. The summed E-state index contributed by atoms with van der Waals surface area (Å²) in [5.41, 5.74) is 3.15. The van der Waals surface area contributed by atoms with E-state index in [-0.39, 0.29) is 6.09 Å². The Bertz CT molecular complexity index is 1060. The smallest absolute Gasteiger partial charge is 0.410 e. The van der Waals surface area contributed by atoms with Crippen molar-refractivity contribution in [3.63, 3.8) is 0 Å². The number of piperidine rings is 1. The maximum Gasteiger partial charge on any atom is 0.410 e. The Hall–Kier alpha value is -2.60. The van der Waals surface area contributed by atoms with Gasteiger partial charge in [-0.15, -0.1) is 0 Å². The van der Waals surface area contributed by atoms with E-state index in [1.54, 1.807) is 0 Å². The molecule has 30 heavy (non-hydrogen) atoms. The van der Waals surface area contributed by atoms with Crippen LogP contribution in [0.2, 0.25) is 5.02 Å². The number of fused-ring (bicyclic) bond motifs is 1. The average molecular weight is 427 g/mol. The number of hydrogen-bond donors (Lipinski definition) is 0. The fourth-order valence-corrected chi connectivity index (χ4v) is 4.06. The number of halogens is 1. The fourth-order valence-electron chi connectivity index (χ4n) is 3.90. The Morgan fingerprint density at radius 3 is 2.90 bits per heavy atom. The maximum absolute atomic E-state index is 12.4. The first kappa shape index (κ1) is 20.7. The Balaban J connectivity index is 1.49. The van der Waals surface area contributed by atoms with Gasteiger partial charge >= 0.3 is 6.09 Å². The van der Waals surface area contributed by atoms with E-state index >= 15 is 0 Å². The summed E-state index contributed by atoms with van der Waals surface area (Å²) >= 11 is 6.16. The van der Waals surface area contributed by atoms with Crippen molar-refractivity contribution in [1.82, 2.24) is 19.3 Å². The number of carbonyl (C=O) groups is 1. The number of rotatable bonds is 3. The topological polar surface area (TPSA) is 59.7 Å². The van der Waals surface area contributed by atoms with Crippen LogP contribution in [0.5, 0.6) is 0 Å². The highest BCUT2D eigenvalue weighted by molar-refractivity contribution is 6.30. The first-order valence-corrected chi connectivity index (χ1v) is 10.7. The maximum atomic E-state index is 12.4. The minimum Gasteiger partial charge on any atom is -0.444 e. The van der Waals surface area contributed by atoms with Crippen LogP contribution in [0.25, 0.3) is 17.0 Å². The highest BCUT2D eigenvalue weighted by atomic mass is 35.5. The second-order valence-electron chi connectivity index (χ2n) is 8.87. The van der Waals surface area contributed by atoms with E-state index in [0.717, 1.165) is 48.5 Å². The van der Waals surface area contributed by atoms with Crippen LogP contribution in [0, 0.1) is 5.92 Å². The van der Waals surface area contributed by atoms with Crippen molar-refractivity contribution in [2.24, 2.45) is 5.92 Å². The molecule has 1 amide bonds. The highest BCUT2D eigenvalue weighted by Gasteiger charge is 2.28. The number of carbonyl (C=O) groups excluding carboxylic acids is 1. The average Bonchev–Trinajstić information content (AvgIpc) is 3.10. The summed E-state index contributed by atoms with van der Waals surface area (Å²) in [6.45, 7) is 7.15. The molecule has 0 N–H and O–H groups in total. The summed E-state index contributed by atoms with van der Waals surface area (Å²) in [5.74, 6) is 0.366. The molecule has 4 rings (SSSR count). The van der Waals surface area contributed by atoms with E-state index in [0.29, 0.717) is 17.5 Å². The van der Waals surface area contributed by atoms with Gasteiger partial charge < -0.3 is 9.64 Å². The normalized spacial score (nSPS) is 17.3. The van der Waals surface area contributed by atoms with Crippen LogP contribution in [0.15, 0.2) is 42.7 Å². The first-order chi connectivity index (χ1) is 14.3. The SMILES string of the molecule is CC(C)(C)OC(=O)N1CCCC(Cc2cccc(-c3cnc4ccc(Cl)cn34)n2)C1. The van der Waals surface area contributed by atoms with E-state index in [1.807, 2.05) is 72.8 Å².